The van der Waals surface area contributed by atoms with Crippen LogP contribution >= 0.6 is 11.6 Å². The Morgan fingerprint density at radius 2 is 1.31 bits per heavy atom. The molecule has 2 saturated heterocycles. The van der Waals surface area contributed by atoms with Gasteiger partial charge < -0.3 is 64.8 Å². The lowest BCUT2D eigenvalue weighted by molar-refractivity contribution is -0.160. The number of nitrogens with one attached hydrogen (secondary N) is 3. The summed E-state index contributed by atoms with van der Waals surface area (Å²) >= 11 is 6.11. The van der Waals surface area contributed by atoms with E-state index in [0.717, 1.165) is 58.9 Å². The Kier molecular flexibility index (Phi) is 29.6. The van der Waals surface area contributed by atoms with Crippen molar-refractivity contribution < 1.29 is 70.7 Å². The number of nitrogens with zero attached hydrogens (tertiary/aromatic N) is 9. The lowest BCUT2D eigenvalue weighted by Crippen LogP contribution is -2.65. The summed E-state index contributed by atoms with van der Waals surface area (Å²) in [5.41, 5.74) is -2.45. The van der Waals surface area contributed by atoms with Crippen LogP contribution in [0.3, 0.4) is 0 Å². The van der Waals surface area contributed by atoms with Crippen LogP contribution in [-0.2, 0) is 70.1 Å². The number of carbonyl (C=O) groups excluding carboxylic acids is 12. The molecule has 0 unspecified atom stereocenters. The van der Waals surface area contributed by atoms with Crippen LogP contribution < -0.4 is 16.0 Å². The largest absolute Gasteiger partial charge is 0.417 e. The molecule has 98 heavy (non-hydrogen) atoms. The lowest BCUT2D eigenvalue weighted by Gasteiger charge is -2.45. The number of hydrogen-bond acceptors (Lipinski definition) is 13. The first-order valence-electron chi connectivity index (χ1n) is 34.8. The minimum Gasteiger partial charge on any atom is -0.347 e. The van der Waals surface area contributed by atoms with Crippen molar-refractivity contribution >= 4 is 82.9 Å². The van der Waals surface area contributed by atoms with Crippen molar-refractivity contribution in [1.82, 2.24) is 60.0 Å². The molecule has 0 aromatic heterocycles. The molecule has 0 radical (unpaired) electrons. The topological polar surface area (TPSA) is 270 Å². The fourth-order valence-corrected chi connectivity index (χ4v) is 14.5. The maximum absolute atomic E-state index is 15.4. The Morgan fingerprint density at radius 1 is 0.714 bits per heavy atom. The van der Waals surface area contributed by atoms with Crippen molar-refractivity contribution in [1.29, 1.82) is 0 Å². The van der Waals surface area contributed by atoms with Gasteiger partial charge in [-0.3, -0.25) is 52.7 Å². The van der Waals surface area contributed by atoms with Crippen molar-refractivity contribution in [2.45, 2.75) is 224 Å². The highest BCUT2D eigenvalue weighted by Gasteiger charge is 2.49. The highest BCUT2D eigenvalue weighted by Crippen LogP contribution is 2.37. The smallest absolute Gasteiger partial charge is 0.347 e. The number of halogens is 4. The fraction of sp³-hybridized carbons (Fsp3) is 0.743. The molecule has 4 fully saturated rings. The van der Waals surface area contributed by atoms with Crippen LogP contribution in [-0.4, -0.2) is 258 Å². The molecule has 2 aliphatic heterocycles. The standard InChI is InChI=1S/C70H110ClF3N12O12/c1-18-43(6)58-67(97)81(13)45(8)61(91)86-33-32-52(86)65(95)82(14)53(35-46-24-20-19-21-25-46)64(94)79(11)38-55(88)76-51(31-29-47-28-30-49(50(71)34-47)70(72,73)74)62(92)80(12)44(7)60(90)77-57(42(4)5)66(96)84(16)59(48-26-22-23-27-48)68(98)83(15)54(63(93)78(9)10)36-56(89)85(17)69(40-87,39-75-58)37-41(2)3/h28,30,34,40-46,48,51-54,57-59,75H,18-27,29,31-33,35-39H2,1-17H3,(H,76,88)(H,77,90)/t43-,44-,45-,51-,52-,53-,54-,57-,58-,59-,69+/m0/s1. The van der Waals surface area contributed by atoms with Gasteiger partial charge in [0, 0.05) is 76.5 Å². The second-order valence-corrected chi connectivity index (χ2v) is 29.5. The van der Waals surface area contributed by atoms with Crippen LogP contribution in [0.4, 0.5) is 13.2 Å². The van der Waals surface area contributed by atoms with Crippen molar-refractivity contribution in [2.24, 2.45) is 29.6 Å². The van der Waals surface area contributed by atoms with Crippen LogP contribution in [0.5, 0.6) is 0 Å². The molecule has 24 nitrogen and oxygen atoms in total. The number of benzene rings is 1. The van der Waals surface area contributed by atoms with E-state index in [0.29, 0.717) is 38.4 Å². The highest BCUT2D eigenvalue weighted by atomic mass is 35.5. The molecule has 4 aliphatic rings. The summed E-state index contributed by atoms with van der Waals surface area (Å²) in [4.78, 5) is 188. The molecule has 3 N–H and O–H groups in total. The molecule has 28 heteroatoms. The molecule has 0 bridgehead atoms. The minimum atomic E-state index is -4.77. The quantitative estimate of drug-likeness (QED) is 0.213. The summed E-state index contributed by atoms with van der Waals surface area (Å²) in [5, 5.41) is 8.20. The predicted octanol–water partition coefficient (Wildman–Crippen LogP) is 5.25. The molecular weight excluding hydrogens is 1290 g/mol. The second-order valence-electron chi connectivity index (χ2n) is 29.0. The van der Waals surface area contributed by atoms with Gasteiger partial charge in [-0.1, -0.05) is 111 Å². The summed E-state index contributed by atoms with van der Waals surface area (Å²) in [6.45, 7) is 13.0. The molecule has 2 aliphatic carbocycles. The summed E-state index contributed by atoms with van der Waals surface area (Å²) < 4.78 is 41.4. The Labute approximate surface area is 582 Å². The fourth-order valence-electron chi connectivity index (χ4n) is 14.1. The van der Waals surface area contributed by atoms with E-state index in [1.807, 2.05) is 27.7 Å². The summed E-state index contributed by atoms with van der Waals surface area (Å²) in [5.74, 6) is -9.03. The van der Waals surface area contributed by atoms with Gasteiger partial charge in [0.15, 0.2) is 0 Å². The van der Waals surface area contributed by atoms with E-state index in [1.54, 1.807) is 20.8 Å². The Balaban J connectivity index is 1.63. The highest BCUT2D eigenvalue weighted by molar-refractivity contribution is 6.31. The third-order valence-corrected chi connectivity index (χ3v) is 21.5. The van der Waals surface area contributed by atoms with E-state index in [4.69, 9.17) is 11.6 Å². The number of aryl methyl sites for hydroxylation is 1. The van der Waals surface area contributed by atoms with Gasteiger partial charge in [-0.15, -0.1) is 0 Å². The van der Waals surface area contributed by atoms with E-state index in [9.17, 15) is 56.3 Å². The molecule has 1 aromatic carbocycles. The predicted molar refractivity (Wildman–Crippen MR) is 364 cm³/mol. The van der Waals surface area contributed by atoms with Gasteiger partial charge in [0.05, 0.1) is 29.6 Å². The number of fused-ring (bicyclic) bond motifs is 1. The molecule has 11 amide bonds. The van der Waals surface area contributed by atoms with E-state index < -0.39 is 172 Å². The van der Waals surface area contributed by atoms with Crippen molar-refractivity contribution in [3.05, 3.63) is 34.3 Å². The normalized spacial score (nSPS) is 27.9. The summed E-state index contributed by atoms with van der Waals surface area (Å²) in [6.07, 6.45) is 2.74. The van der Waals surface area contributed by atoms with Crippen LogP contribution in [0.25, 0.3) is 0 Å². The number of carbonyl (C=O) groups is 12. The second kappa shape index (κ2) is 35.4. The van der Waals surface area contributed by atoms with Crippen LogP contribution in [0.15, 0.2) is 18.2 Å². The number of alkyl halides is 3. The third-order valence-electron chi connectivity index (χ3n) is 21.1. The lowest BCUT2D eigenvalue weighted by atomic mass is 9.84. The molecule has 11 atom stereocenters. The zero-order chi connectivity index (χ0) is 73.7. The van der Waals surface area contributed by atoms with Crippen molar-refractivity contribution in [3.8, 4) is 0 Å². The van der Waals surface area contributed by atoms with Crippen LogP contribution in [0.1, 0.15) is 163 Å². The molecule has 2 saturated carbocycles. The molecule has 1 aromatic rings. The SMILES string of the molecule is CC[C@H](C)[C@@H]1NC[C@@](C=O)(CC(C)C)N(C)C(=O)C[C@@H](C(=O)N(C)C)N(C)C(=O)[C@H](C2CCCC2)N(C)C(=O)[C@H](C(C)C)NC(=O)[C@H](C)N(C)C(=O)[C@H](CCc2ccc(C(F)(F)F)c(Cl)c2)NC(=O)CN(C)C(=O)[C@H](CC2CCCCC2)N(C)C(=O)[C@@H]2CCN2C(=O)[C@H](C)N(C)C1=O. The Bertz CT molecular complexity index is 3040. The van der Waals surface area contributed by atoms with Gasteiger partial charge in [-0.25, -0.2) is 0 Å². The third kappa shape index (κ3) is 19.8. The Morgan fingerprint density at radius 3 is 1.84 bits per heavy atom. The van der Waals surface area contributed by atoms with Gasteiger partial charge in [0.1, 0.15) is 60.2 Å². The van der Waals surface area contributed by atoms with E-state index in [-0.39, 0.29) is 62.6 Å². The van der Waals surface area contributed by atoms with Crippen molar-refractivity contribution in [3.63, 3.8) is 0 Å². The maximum atomic E-state index is 15.4. The van der Waals surface area contributed by atoms with Gasteiger partial charge in [-0.05, 0) is 106 Å². The van der Waals surface area contributed by atoms with E-state index >= 15 is 14.4 Å². The average molecular weight is 1400 g/mol. The van der Waals surface area contributed by atoms with Crippen LogP contribution in [0, 0.1) is 29.6 Å². The number of amides is 11. The monoisotopic (exact) mass is 1400 g/mol. The van der Waals surface area contributed by atoms with Gasteiger partial charge in [-0.2, -0.15) is 13.2 Å². The molecule has 550 valence electrons. The minimum absolute atomic E-state index is 0.0197. The Hall–Kier alpha value is -6.90. The van der Waals surface area contributed by atoms with Gasteiger partial charge in [0.25, 0.3) is 0 Å². The molecular formula is C70H110ClF3N12O12. The maximum Gasteiger partial charge on any atom is 0.417 e. The van der Waals surface area contributed by atoms with Gasteiger partial charge in [0.2, 0.25) is 65.0 Å². The molecule has 2 heterocycles. The van der Waals surface area contributed by atoms with Gasteiger partial charge >= 0.3 is 6.18 Å². The zero-order valence-corrected chi connectivity index (χ0v) is 61.5. The first-order chi connectivity index (χ1) is 45.8. The van der Waals surface area contributed by atoms with Crippen molar-refractivity contribution in [2.75, 3.05) is 83.1 Å². The zero-order valence-electron chi connectivity index (χ0n) is 60.8. The van der Waals surface area contributed by atoms with E-state index in [2.05, 4.69) is 16.0 Å². The number of likely N-dealkylation sites (N-methyl/N-ethyl adjacent to an activating group) is 8. The number of aldehydes is 1. The first-order valence-corrected chi connectivity index (χ1v) is 35.2. The average Bonchev–Trinajstić information content (AvgIpc) is 0.890. The molecule has 0 spiro atoms. The first kappa shape index (κ1) is 81.8. The van der Waals surface area contributed by atoms with E-state index in [1.165, 1.54) is 106 Å². The summed E-state index contributed by atoms with van der Waals surface area (Å²) in [6, 6.07) is -8.05. The molecule has 5 rings (SSSR count). The number of hydrogen-bond donors (Lipinski definition) is 3. The van der Waals surface area contributed by atoms with Crippen LogP contribution in [0.2, 0.25) is 5.02 Å². The number of rotatable bonds is 13. The summed E-state index contributed by atoms with van der Waals surface area (Å²) in [7, 11) is 12.8.